The number of pyridine rings is 2. The summed E-state index contributed by atoms with van der Waals surface area (Å²) in [6, 6.07) is 23.2. The standard InChI is InChI=1S/C31H29N7O6P.ClH.Pt/c1-2-43-45(42,44-28-12-10-27(11-13-28)38(40)41)17-7-16-37-22-26(35-36-37)21-34-31(39)25-19-23(29-8-3-5-14-32-29)18-24(20-25)30-9-4-6-15-33-30;;/h3-6,8-15,19-20,22H,2,7,16-17,21H2,1H3,(H,34,39);1H;/q-1;;+2/p-1. The first-order valence-corrected chi connectivity index (χ1v) is 18.7. The Labute approximate surface area is 286 Å². The first-order chi connectivity index (χ1) is 22.8. The van der Waals surface area contributed by atoms with Crippen molar-refractivity contribution >= 4 is 28.6 Å². The summed E-state index contributed by atoms with van der Waals surface area (Å²) in [7, 11) is 1.09. The van der Waals surface area contributed by atoms with Crippen molar-refractivity contribution in [3.05, 3.63) is 119 Å². The van der Waals surface area contributed by atoms with Crippen molar-refractivity contribution in [3.8, 4) is 28.3 Å². The summed E-state index contributed by atoms with van der Waals surface area (Å²) < 4.78 is 25.9. The van der Waals surface area contributed by atoms with Gasteiger partial charge in [0.15, 0.2) is 0 Å². The number of amides is 1. The average molecular weight is 857 g/mol. The molecule has 2 aromatic carbocycles. The summed E-state index contributed by atoms with van der Waals surface area (Å²) in [6.45, 7) is 2.38. The van der Waals surface area contributed by atoms with E-state index in [4.69, 9.17) is 9.05 Å². The molecule has 47 heavy (non-hydrogen) atoms. The maximum absolute atomic E-state index is 13.3. The number of nitro groups is 1. The van der Waals surface area contributed by atoms with Crippen LogP contribution in [0.15, 0.2) is 91.4 Å². The molecule has 1 amide bonds. The summed E-state index contributed by atoms with van der Waals surface area (Å²) in [6.07, 6.45) is 5.54. The SMILES string of the molecule is CCOP(=O)(CCCn1cc(CNC(=O)c2cc(-c3ccccn3)[c-]c(-c3ccccn3)c2)nn1)Oc1ccc([N+](=O)[O-])cc1.[Cl][Pt+]. The third-order valence-electron chi connectivity index (χ3n) is 6.47. The molecule has 13 nitrogen and oxygen atoms in total. The predicted molar refractivity (Wildman–Crippen MR) is 171 cm³/mol. The Morgan fingerprint density at radius 1 is 1.04 bits per heavy atom. The fraction of sp³-hybridized carbons (Fsp3) is 0.194. The van der Waals surface area contributed by atoms with E-state index in [0.29, 0.717) is 46.7 Å². The summed E-state index contributed by atoms with van der Waals surface area (Å²) >= 11 is 1.61. The van der Waals surface area contributed by atoms with Crippen LogP contribution in [0.5, 0.6) is 5.75 Å². The van der Waals surface area contributed by atoms with Crippen LogP contribution in [0.4, 0.5) is 5.69 Å². The molecule has 3 aromatic heterocycles. The number of benzene rings is 2. The number of hydrogen-bond acceptors (Lipinski definition) is 10. The van der Waals surface area contributed by atoms with Crippen LogP contribution in [0.1, 0.15) is 29.4 Å². The van der Waals surface area contributed by atoms with Crippen molar-refractivity contribution in [1.29, 1.82) is 0 Å². The third-order valence-corrected chi connectivity index (χ3v) is 8.47. The molecule has 3 heterocycles. The number of carbonyl (C=O) groups is 1. The molecule has 1 unspecified atom stereocenters. The van der Waals surface area contributed by atoms with E-state index in [1.54, 1.807) is 61.1 Å². The molecular formula is C31H29ClN7O6PPt. The first kappa shape index (κ1) is 35.6. The van der Waals surface area contributed by atoms with Crippen molar-refractivity contribution in [2.75, 3.05) is 12.8 Å². The van der Waals surface area contributed by atoms with E-state index in [2.05, 4.69) is 41.1 Å². The van der Waals surface area contributed by atoms with Crippen molar-refractivity contribution in [1.82, 2.24) is 30.3 Å². The number of carbonyl (C=O) groups excluding carboxylic acids is 1. The summed E-state index contributed by atoms with van der Waals surface area (Å²) in [5.74, 6) is -0.0965. The van der Waals surface area contributed by atoms with E-state index >= 15 is 0 Å². The van der Waals surface area contributed by atoms with Gasteiger partial charge in [-0.25, -0.2) is 4.57 Å². The van der Waals surface area contributed by atoms with E-state index in [1.165, 1.54) is 24.3 Å². The van der Waals surface area contributed by atoms with Gasteiger partial charge in [-0.05, 0) is 43.2 Å². The second-order valence-electron chi connectivity index (χ2n) is 9.73. The molecule has 1 atom stereocenters. The van der Waals surface area contributed by atoms with Crippen LogP contribution in [0, 0.1) is 16.2 Å². The van der Waals surface area contributed by atoms with Gasteiger partial charge in [0.05, 0.1) is 30.4 Å². The molecule has 16 heteroatoms. The zero-order valence-electron chi connectivity index (χ0n) is 25.0. The molecule has 5 aromatic rings. The molecule has 0 aliphatic carbocycles. The molecule has 246 valence electrons. The fourth-order valence-corrected chi connectivity index (χ4v) is 6.01. The normalized spacial score (nSPS) is 11.9. The number of aryl methyl sites for hydroxylation is 1. The van der Waals surface area contributed by atoms with Crippen molar-refractivity contribution in [3.63, 3.8) is 0 Å². The van der Waals surface area contributed by atoms with E-state index in [1.807, 2.05) is 36.4 Å². The van der Waals surface area contributed by atoms with Gasteiger partial charge in [0.1, 0.15) is 11.4 Å². The van der Waals surface area contributed by atoms with Crippen LogP contribution in [0.25, 0.3) is 22.5 Å². The van der Waals surface area contributed by atoms with Crippen LogP contribution >= 0.6 is 17.0 Å². The zero-order valence-corrected chi connectivity index (χ0v) is 28.9. The van der Waals surface area contributed by atoms with Gasteiger partial charge in [-0.1, -0.05) is 40.6 Å². The zero-order chi connectivity index (χ0) is 33.6. The number of nitrogens with one attached hydrogen (secondary N) is 1. The molecule has 5 rings (SSSR count). The Bertz CT molecular complexity index is 1760. The van der Waals surface area contributed by atoms with Crippen LogP contribution in [-0.4, -0.2) is 48.6 Å². The molecule has 0 saturated heterocycles. The van der Waals surface area contributed by atoms with Crippen LogP contribution in [0.3, 0.4) is 0 Å². The minimum absolute atomic E-state index is 0.0893. The first-order valence-electron chi connectivity index (χ1n) is 14.2. The molecule has 1 N–H and O–H groups in total. The van der Waals surface area contributed by atoms with Gasteiger partial charge in [-0.15, -0.1) is 23.3 Å². The van der Waals surface area contributed by atoms with E-state index in [9.17, 15) is 19.5 Å². The van der Waals surface area contributed by atoms with E-state index in [-0.39, 0.29) is 36.7 Å². The minimum atomic E-state index is -3.52. The second kappa shape index (κ2) is 17.6. The molecule has 0 bridgehead atoms. The van der Waals surface area contributed by atoms with Gasteiger partial charge in [0, 0.05) is 42.5 Å². The molecule has 0 radical (unpaired) electrons. The van der Waals surface area contributed by atoms with Crippen molar-refractivity contribution < 1.29 is 42.1 Å². The number of rotatable bonds is 14. The summed E-state index contributed by atoms with van der Waals surface area (Å²) in [5, 5.41) is 22.0. The molecule has 0 aliphatic rings. The fourth-order valence-electron chi connectivity index (χ4n) is 4.37. The number of non-ortho nitro benzene ring substituents is 1. The molecular weight excluding hydrogens is 828 g/mol. The quantitative estimate of drug-likeness (QED) is 0.0570. The van der Waals surface area contributed by atoms with Crippen LogP contribution < -0.4 is 9.84 Å². The Morgan fingerprint density at radius 2 is 1.68 bits per heavy atom. The predicted octanol–water partition coefficient (Wildman–Crippen LogP) is 6.43. The number of nitrogens with zero attached hydrogens (tertiary/aromatic N) is 6. The number of aromatic nitrogens is 5. The molecule has 0 saturated carbocycles. The van der Waals surface area contributed by atoms with E-state index < -0.39 is 12.5 Å². The molecule has 0 fully saturated rings. The van der Waals surface area contributed by atoms with Gasteiger partial charge < -0.3 is 14.4 Å². The van der Waals surface area contributed by atoms with Crippen LogP contribution in [0.2, 0.25) is 0 Å². The number of halogens is 1. The summed E-state index contributed by atoms with van der Waals surface area (Å²) in [4.78, 5) is 32.4. The Kier molecular flexibility index (Phi) is 13.3. The Hall–Kier alpha value is -4.28. The second-order valence-corrected chi connectivity index (χ2v) is 11.8. The average Bonchev–Trinajstić information content (AvgIpc) is 3.56. The van der Waals surface area contributed by atoms with Gasteiger partial charge in [-0.2, -0.15) is 0 Å². The summed E-state index contributed by atoms with van der Waals surface area (Å²) in [5.41, 5.74) is 3.54. The monoisotopic (exact) mass is 856 g/mol. The number of nitro benzene ring substituents is 1. The topological polar surface area (TPSA) is 164 Å². The maximum atomic E-state index is 13.3. The molecule has 0 spiro atoms. The van der Waals surface area contributed by atoms with Gasteiger partial charge in [-0.3, -0.25) is 29.6 Å². The van der Waals surface area contributed by atoms with Gasteiger partial charge >= 0.3 is 35.8 Å². The van der Waals surface area contributed by atoms with Crippen molar-refractivity contribution in [2.45, 2.75) is 26.4 Å². The van der Waals surface area contributed by atoms with Crippen molar-refractivity contribution in [2.24, 2.45) is 0 Å². The Balaban J connectivity index is 0.00000245. The van der Waals surface area contributed by atoms with E-state index in [0.717, 1.165) is 0 Å². The molecule has 0 aliphatic heterocycles. The Morgan fingerprint density at radius 3 is 2.23 bits per heavy atom. The van der Waals surface area contributed by atoms with Gasteiger partial charge in [0.25, 0.3) is 5.69 Å². The van der Waals surface area contributed by atoms with Crippen LogP contribution in [-0.2, 0) is 41.0 Å². The van der Waals surface area contributed by atoms with Gasteiger partial charge in [0.2, 0.25) is 5.91 Å². The third kappa shape index (κ3) is 10.4. The number of hydrogen-bond donors (Lipinski definition) is 1.